The second kappa shape index (κ2) is 9.02. The lowest BCUT2D eigenvalue weighted by Gasteiger charge is -2.24. The molecule has 1 fully saturated rings. The number of aromatic nitrogens is 6. The number of rotatable bonds is 5. The van der Waals surface area contributed by atoms with Gasteiger partial charge in [-0.25, -0.2) is 4.98 Å². The van der Waals surface area contributed by atoms with Crippen LogP contribution in [0.5, 0.6) is 5.75 Å². The van der Waals surface area contributed by atoms with Crippen LogP contribution < -0.4 is 4.74 Å². The van der Waals surface area contributed by atoms with Gasteiger partial charge in [-0.05, 0) is 43.2 Å². The van der Waals surface area contributed by atoms with Crippen molar-refractivity contribution in [2.75, 3.05) is 6.54 Å². The molecule has 2 aromatic heterocycles. The van der Waals surface area contributed by atoms with Crippen LogP contribution in [0, 0.1) is 0 Å². The lowest BCUT2D eigenvalue weighted by atomic mass is 10.1. The van der Waals surface area contributed by atoms with Crippen LogP contribution in [0.1, 0.15) is 35.1 Å². The quantitative estimate of drug-likeness (QED) is 0.427. The molecule has 1 aliphatic heterocycles. The Kier molecular flexibility index (Phi) is 5.89. The summed E-state index contributed by atoms with van der Waals surface area (Å²) in [5.74, 6) is -0.335. The number of nitrogens with zero attached hydrogens (tertiary/aromatic N) is 6. The fraction of sp³-hybridized carbons (Fsp3) is 0.227. The van der Waals surface area contributed by atoms with E-state index in [-0.39, 0.29) is 17.3 Å². The summed E-state index contributed by atoms with van der Waals surface area (Å²) in [4.78, 5) is 20.9. The number of H-pyrrole nitrogens is 1. The molecule has 1 unspecified atom stereocenters. The fourth-order valence-corrected chi connectivity index (χ4v) is 4.22. The number of hydrogen-bond acceptors (Lipinski definition) is 6. The van der Waals surface area contributed by atoms with Crippen LogP contribution in [0.2, 0.25) is 5.02 Å². The monoisotopic (exact) mass is 503 g/mol. The fourth-order valence-electron chi connectivity index (χ4n) is 4.05. The van der Waals surface area contributed by atoms with E-state index in [1.54, 1.807) is 29.2 Å². The van der Waals surface area contributed by atoms with Gasteiger partial charge in [0, 0.05) is 11.6 Å². The van der Waals surface area contributed by atoms with E-state index in [0.717, 1.165) is 0 Å². The molecule has 0 aliphatic carbocycles. The zero-order valence-corrected chi connectivity index (χ0v) is 18.7. The first-order valence-corrected chi connectivity index (χ1v) is 10.9. The standard InChI is InChI=1S/C22H17ClF3N7O2/c23-13-7-8-16(33-27-9-10-28-33)15(12-13)21(34)32-11-3-5-17(32)20-29-19(30-31-20)14-4-1-2-6-18(14)35-22(24,25)26/h1-2,4,6-10,12,17H,3,5,11H2,(H,29,30,31). The highest BCUT2D eigenvalue weighted by Crippen LogP contribution is 2.36. The Labute approximate surface area is 201 Å². The number of nitrogens with one attached hydrogen (secondary N) is 1. The minimum atomic E-state index is -4.86. The number of aromatic amines is 1. The number of carbonyl (C=O) groups is 1. The lowest BCUT2D eigenvalue weighted by molar-refractivity contribution is -0.274. The number of amides is 1. The highest BCUT2D eigenvalue weighted by atomic mass is 35.5. The van der Waals surface area contributed by atoms with Crippen LogP contribution in [0.3, 0.4) is 0 Å². The summed E-state index contributed by atoms with van der Waals surface area (Å²) in [6.07, 6.45) is -0.565. The zero-order chi connectivity index (χ0) is 24.6. The van der Waals surface area contributed by atoms with Gasteiger partial charge in [-0.2, -0.15) is 20.1 Å². The average molecular weight is 504 g/mol. The Balaban J connectivity index is 1.45. The molecule has 0 bridgehead atoms. The Morgan fingerprint density at radius 3 is 2.69 bits per heavy atom. The highest BCUT2D eigenvalue weighted by molar-refractivity contribution is 6.31. The van der Waals surface area contributed by atoms with E-state index in [9.17, 15) is 18.0 Å². The molecule has 0 radical (unpaired) electrons. The topological polar surface area (TPSA) is 102 Å². The summed E-state index contributed by atoms with van der Waals surface area (Å²) in [6, 6.07) is 9.99. The number of halogens is 4. The van der Waals surface area contributed by atoms with E-state index in [1.165, 1.54) is 35.4 Å². The van der Waals surface area contributed by atoms with Crippen molar-refractivity contribution < 1.29 is 22.7 Å². The summed E-state index contributed by atoms with van der Waals surface area (Å²) in [5.41, 5.74) is 0.848. The van der Waals surface area contributed by atoms with E-state index in [0.29, 0.717) is 41.5 Å². The number of para-hydroxylation sites is 1. The molecule has 2 aromatic carbocycles. The van der Waals surface area contributed by atoms with Crippen molar-refractivity contribution in [2.24, 2.45) is 0 Å². The van der Waals surface area contributed by atoms with E-state index in [4.69, 9.17) is 11.6 Å². The maximum atomic E-state index is 13.6. The van der Waals surface area contributed by atoms with Gasteiger partial charge in [0.2, 0.25) is 0 Å². The Hall–Kier alpha value is -3.93. The molecule has 4 aromatic rings. The van der Waals surface area contributed by atoms with Crippen LogP contribution in [-0.4, -0.2) is 53.9 Å². The van der Waals surface area contributed by atoms with Crippen molar-refractivity contribution in [3.63, 3.8) is 0 Å². The van der Waals surface area contributed by atoms with E-state index in [2.05, 4.69) is 30.1 Å². The van der Waals surface area contributed by atoms with E-state index in [1.807, 2.05) is 0 Å². The average Bonchev–Trinajstić information content (AvgIpc) is 3.59. The smallest absolute Gasteiger partial charge is 0.405 e. The molecule has 3 heterocycles. The Morgan fingerprint density at radius 2 is 1.91 bits per heavy atom. The first kappa shape index (κ1) is 22.8. The summed E-state index contributed by atoms with van der Waals surface area (Å²) in [6.45, 7) is 0.450. The number of benzene rings is 2. The van der Waals surface area contributed by atoms with Crippen molar-refractivity contribution in [2.45, 2.75) is 25.2 Å². The molecule has 5 rings (SSSR count). The molecule has 1 atom stereocenters. The third-order valence-electron chi connectivity index (χ3n) is 5.51. The third-order valence-corrected chi connectivity index (χ3v) is 5.74. The highest BCUT2D eigenvalue weighted by Gasteiger charge is 2.35. The minimum absolute atomic E-state index is 0.0309. The van der Waals surface area contributed by atoms with Crippen molar-refractivity contribution in [1.29, 1.82) is 0 Å². The summed E-state index contributed by atoms with van der Waals surface area (Å²) in [5, 5.41) is 15.5. The van der Waals surface area contributed by atoms with Crippen LogP contribution in [0.15, 0.2) is 54.9 Å². The van der Waals surface area contributed by atoms with Crippen LogP contribution in [-0.2, 0) is 0 Å². The van der Waals surface area contributed by atoms with Crippen molar-refractivity contribution in [1.82, 2.24) is 35.1 Å². The molecule has 0 saturated carbocycles. The van der Waals surface area contributed by atoms with E-state index >= 15 is 0 Å². The molecule has 9 nitrogen and oxygen atoms in total. The molecule has 35 heavy (non-hydrogen) atoms. The third kappa shape index (κ3) is 4.69. The molecule has 1 amide bonds. The molecule has 13 heteroatoms. The lowest BCUT2D eigenvalue weighted by Crippen LogP contribution is -2.32. The molecule has 1 aliphatic rings. The zero-order valence-electron chi connectivity index (χ0n) is 17.9. The summed E-state index contributed by atoms with van der Waals surface area (Å²) >= 11 is 6.17. The first-order valence-electron chi connectivity index (χ1n) is 10.5. The first-order chi connectivity index (χ1) is 16.8. The number of ether oxygens (including phenoxy) is 1. The maximum absolute atomic E-state index is 13.6. The minimum Gasteiger partial charge on any atom is -0.405 e. The molecule has 1 N–H and O–H groups in total. The van der Waals surface area contributed by atoms with Gasteiger partial charge in [0.15, 0.2) is 5.82 Å². The molecular weight excluding hydrogens is 487 g/mol. The predicted molar refractivity (Wildman–Crippen MR) is 118 cm³/mol. The van der Waals surface area contributed by atoms with Crippen molar-refractivity contribution >= 4 is 17.5 Å². The second-order valence-corrected chi connectivity index (χ2v) is 8.16. The Morgan fingerprint density at radius 1 is 1.14 bits per heavy atom. The number of hydrogen-bond donors (Lipinski definition) is 1. The molecule has 180 valence electrons. The Bertz CT molecular complexity index is 1360. The van der Waals surface area contributed by atoms with Gasteiger partial charge < -0.3 is 9.64 Å². The van der Waals surface area contributed by atoms with Gasteiger partial charge in [-0.15, -0.1) is 13.2 Å². The number of alkyl halides is 3. The van der Waals surface area contributed by atoms with Gasteiger partial charge in [-0.1, -0.05) is 23.7 Å². The number of carbonyl (C=O) groups excluding carboxylic acids is 1. The number of likely N-dealkylation sites (tertiary alicyclic amines) is 1. The second-order valence-electron chi connectivity index (χ2n) is 7.72. The van der Waals surface area contributed by atoms with Crippen LogP contribution >= 0.6 is 11.6 Å². The van der Waals surface area contributed by atoms with Gasteiger partial charge in [0.1, 0.15) is 11.6 Å². The molecular formula is C22H17ClF3N7O2. The molecule has 1 saturated heterocycles. The van der Waals surface area contributed by atoms with Gasteiger partial charge in [0.05, 0.1) is 35.2 Å². The largest absolute Gasteiger partial charge is 0.573 e. The normalized spacial score (nSPS) is 16.0. The molecule has 0 spiro atoms. The van der Waals surface area contributed by atoms with E-state index < -0.39 is 18.2 Å². The van der Waals surface area contributed by atoms with Crippen molar-refractivity contribution in [3.05, 3.63) is 71.3 Å². The van der Waals surface area contributed by atoms with Gasteiger partial charge >= 0.3 is 6.36 Å². The van der Waals surface area contributed by atoms with Gasteiger partial charge in [0.25, 0.3) is 5.91 Å². The van der Waals surface area contributed by atoms with Crippen molar-refractivity contribution in [3.8, 4) is 22.8 Å². The SMILES string of the molecule is O=C(c1cc(Cl)ccc1-n1nccn1)N1CCCC1c1nc(-c2ccccc2OC(F)(F)F)n[nH]1. The van der Waals surface area contributed by atoms with Crippen LogP contribution in [0.25, 0.3) is 17.1 Å². The maximum Gasteiger partial charge on any atom is 0.573 e. The van der Waals surface area contributed by atoms with Gasteiger partial charge in [-0.3, -0.25) is 9.89 Å². The summed E-state index contributed by atoms with van der Waals surface area (Å²) < 4.78 is 42.6. The summed E-state index contributed by atoms with van der Waals surface area (Å²) in [7, 11) is 0. The predicted octanol–water partition coefficient (Wildman–Crippen LogP) is 4.58. The van der Waals surface area contributed by atoms with Crippen LogP contribution in [0.4, 0.5) is 13.2 Å².